The molecule has 0 bridgehead atoms. The fourth-order valence-electron chi connectivity index (χ4n) is 2.36. The highest BCUT2D eigenvalue weighted by Crippen LogP contribution is 2.22. The van der Waals surface area contributed by atoms with Crippen molar-refractivity contribution < 1.29 is 19.1 Å². The highest BCUT2D eigenvalue weighted by atomic mass is 16.5. The molecule has 23 heavy (non-hydrogen) atoms. The zero-order valence-electron chi connectivity index (χ0n) is 14.7. The smallest absolute Gasteiger partial charge is 0.307 e. The van der Waals surface area contributed by atoms with Crippen LogP contribution in [0.4, 0.5) is 0 Å². The van der Waals surface area contributed by atoms with Crippen molar-refractivity contribution in [3.05, 3.63) is 29.3 Å². The van der Waals surface area contributed by atoms with E-state index in [1.165, 1.54) is 0 Å². The molecule has 0 radical (unpaired) electrons. The first-order valence-electron chi connectivity index (χ1n) is 8.00. The first-order chi connectivity index (χ1) is 10.9. The molecule has 1 aromatic carbocycles. The maximum atomic E-state index is 12.4. The van der Waals surface area contributed by atoms with Crippen molar-refractivity contribution in [3.8, 4) is 5.75 Å². The molecule has 1 rings (SSSR count). The standard InChI is InChI=1S/C18H27NO4/c1-6-22-17(21)10-11-19(13(2)3)16(20)12-23-18-14(4)8-7-9-15(18)5/h7-9,13H,6,10-12H2,1-5H3. The summed E-state index contributed by atoms with van der Waals surface area (Å²) in [4.78, 5) is 25.5. The zero-order valence-corrected chi connectivity index (χ0v) is 14.7. The summed E-state index contributed by atoms with van der Waals surface area (Å²) in [5.41, 5.74) is 2.00. The van der Waals surface area contributed by atoms with E-state index < -0.39 is 0 Å². The second kappa shape index (κ2) is 9.18. The molecule has 0 heterocycles. The van der Waals surface area contributed by atoms with Crippen molar-refractivity contribution >= 4 is 11.9 Å². The van der Waals surface area contributed by atoms with E-state index in [1.54, 1.807) is 11.8 Å². The molecule has 0 aliphatic carbocycles. The Bertz CT molecular complexity index is 520. The third kappa shape index (κ3) is 5.93. The molecule has 0 atom stereocenters. The maximum absolute atomic E-state index is 12.4. The predicted octanol–water partition coefficient (Wildman–Crippen LogP) is 2.87. The van der Waals surface area contributed by atoms with Crippen LogP contribution in [-0.2, 0) is 14.3 Å². The highest BCUT2D eigenvalue weighted by Gasteiger charge is 2.19. The van der Waals surface area contributed by atoms with Gasteiger partial charge in [0.05, 0.1) is 13.0 Å². The lowest BCUT2D eigenvalue weighted by Gasteiger charge is -2.26. The molecule has 0 aliphatic rings. The minimum atomic E-state index is -0.290. The molecule has 0 saturated heterocycles. The number of para-hydroxylation sites is 1. The summed E-state index contributed by atoms with van der Waals surface area (Å²) >= 11 is 0. The minimum Gasteiger partial charge on any atom is -0.483 e. The quantitative estimate of drug-likeness (QED) is 0.691. The number of hydrogen-bond donors (Lipinski definition) is 0. The molecule has 0 spiro atoms. The largest absolute Gasteiger partial charge is 0.483 e. The SMILES string of the molecule is CCOC(=O)CCN(C(=O)COc1c(C)cccc1C)C(C)C. The first-order valence-corrected chi connectivity index (χ1v) is 8.00. The van der Waals surface area contributed by atoms with Crippen molar-refractivity contribution in [2.24, 2.45) is 0 Å². The minimum absolute atomic E-state index is 0.00139. The monoisotopic (exact) mass is 321 g/mol. The van der Waals surface area contributed by atoms with Gasteiger partial charge in [0.2, 0.25) is 0 Å². The average molecular weight is 321 g/mol. The van der Waals surface area contributed by atoms with Crippen molar-refractivity contribution in [1.82, 2.24) is 4.90 Å². The Morgan fingerprint density at radius 1 is 1.17 bits per heavy atom. The second-order valence-electron chi connectivity index (χ2n) is 5.75. The summed E-state index contributed by atoms with van der Waals surface area (Å²) in [5, 5.41) is 0. The molecular formula is C18H27NO4. The second-order valence-corrected chi connectivity index (χ2v) is 5.75. The fraction of sp³-hybridized carbons (Fsp3) is 0.556. The number of ether oxygens (including phenoxy) is 2. The molecule has 0 aromatic heterocycles. The van der Waals surface area contributed by atoms with E-state index in [0.717, 1.165) is 16.9 Å². The van der Waals surface area contributed by atoms with E-state index in [0.29, 0.717) is 13.2 Å². The van der Waals surface area contributed by atoms with Crippen LogP contribution in [0.5, 0.6) is 5.75 Å². The van der Waals surface area contributed by atoms with Gasteiger partial charge in [-0.2, -0.15) is 0 Å². The number of amides is 1. The Morgan fingerprint density at radius 2 is 1.78 bits per heavy atom. The van der Waals surface area contributed by atoms with Crippen LogP contribution >= 0.6 is 0 Å². The summed E-state index contributed by atoms with van der Waals surface area (Å²) in [6.07, 6.45) is 0.196. The molecular weight excluding hydrogens is 294 g/mol. The van der Waals surface area contributed by atoms with Crippen molar-refractivity contribution in [2.45, 2.75) is 47.1 Å². The summed E-state index contributed by atoms with van der Waals surface area (Å²) in [7, 11) is 0. The van der Waals surface area contributed by atoms with Gasteiger partial charge in [-0.3, -0.25) is 9.59 Å². The van der Waals surface area contributed by atoms with E-state index in [2.05, 4.69) is 0 Å². The van der Waals surface area contributed by atoms with Gasteiger partial charge in [-0.15, -0.1) is 0 Å². The number of hydrogen-bond acceptors (Lipinski definition) is 4. The predicted molar refractivity (Wildman–Crippen MR) is 89.5 cm³/mol. The van der Waals surface area contributed by atoms with Crippen LogP contribution in [0, 0.1) is 13.8 Å². The van der Waals surface area contributed by atoms with Crippen molar-refractivity contribution in [2.75, 3.05) is 19.8 Å². The Morgan fingerprint density at radius 3 is 2.30 bits per heavy atom. The Labute approximate surface area is 138 Å². The molecule has 0 N–H and O–H groups in total. The summed E-state index contributed by atoms with van der Waals surface area (Å²) < 4.78 is 10.6. The number of esters is 1. The number of nitrogens with zero attached hydrogens (tertiary/aromatic N) is 1. The van der Waals surface area contributed by atoms with E-state index >= 15 is 0 Å². The summed E-state index contributed by atoms with van der Waals surface area (Å²) in [5.74, 6) is 0.323. The van der Waals surface area contributed by atoms with Crippen molar-refractivity contribution in [1.29, 1.82) is 0 Å². The van der Waals surface area contributed by atoms with Crippen LogP contribution in [0.1, 0.15) is 38.3 Å². The van der Waals surface area contributed by atoms with Gasteiger partial charge in [0.15, 0.2) is 6.61 Å². The van der Waals surface area contributed by atoms with Crippen LogP contribution in [-0.4, -0.2) is 42.6 Å². The number of benzene rings is 1. The molecule has 128 valence electrons. The van der Waals surface area contributed by atoms with Crippen molar-refractivity contribution in [3.63, 3.8) is 0 Å². The Balaban J connectivity index is 2.63. The number of carbonyl (C=O) groups is 2. The Hall–Kier alpha value is -2.04. The fourth-order valence-corrected chi connectivity index (χ4v) is 2.36. The lowest BCUT2D eigenvalue weighted by molar-refractivity contribution is -0.144. The van der Waals surface area contributed by atoms with Gasteiger partial charge in [0, 0.05) is 12.6 Å². The number of aryl methyl sites for hydroxylation is 2. The maximum Gasteiger partial charge on any atom is 0.307 e. The van der Waals surface area contributed by atoms with Crippen LogP contribution in [0.2, 0.25) is 0 Å². The number of carbonyl (C=O) groups excluding carboxylic acids is 2. The van der Waals surface area contributed by atoms with Crippen LogP contribution in [0.25, 0.3) is 0 Å². The van der Waals surface area contributed by atoms with Crippen LogP contribution in [0.3, 0.4) is 0 Å². The average Bonchev–Trinajstić information content (AvgIpc) is 2.46. The molecule has 1 amide bonds. The first kappa shape index (κ1) is 19.0. The van der Waals surface area contributed by atoms with E-state index in [-0.39, 0.29) is 30.9 Å². The highest BCUT2D eigenvalue weighted by molar-refractivity contribution is 5.79. The lowest BCUT2D eigenvalue weighted by atomic mass is 10.1. The molecule has 0 aliphatic heterocycles. The molecule has 0 fully saturated rings. The summed E-state index contributed by atoms with van der Waals surface area (Å²) in [6.45, 7) is 10.2. The normalized spacial score (nSPS) is 10.5. The van der Waals surface area contributed by atoms with Gasteiger partial charge >= 0.3 is 5.97 Å². The lowest BCUT2D eigenvalue weighted by Crippen LogP contribution is -2.41. The molecule has 5 nitrogen and oxygen atoms in total. The molecule has 0 saturated carbocycles. The summed E-state index contributed by atoms with van der Waals surface area (Å²) in [6, 6.07) is 5.86. The molecule has 0 unspecified atom stereocenters. The van der Waals surface area contributed by atoms with Crippen LogP contribution in [0.15, 0.2) is 18.2 Å². The topological polar surface area (TPSA) is 55.8 Å². The molecule has 5 heteroatoms. The number of rotatable bonds is 8. The zero-order chi connectivity index (χ0) is 17.4. The van der Waals surface area contributed by atoms with Gasteiger partial charge in [-0.05, 0) is 45.7 Å². The third-order valence-electron chi connectivity index (χ3n) is 3.55. The third-order valence-corrected chi connectivity index (χ3v) is 3.55. The van der Waals surface area contributed by atoms with E-state index in [1.807, 2.05) is 45.9 Å². The van der Waals surface area contributed by atoms with Gasteiger partial charge < -0.3 is 14.4 Å². The Kier molecular flexibility index (Phi) is 7.59. The van der Waals surface area contributed by atoms with Gasteiger partial charge in [0.25, 0.3) is 5.91 Å². The van der Waals surface area contributed by atoms with Crippen LogP contribution < -0.4 is 4.74 Å². The molecule has 1 aromatic rings. The van der Waals surface area contributed by atoms with Gasteiger partial charge in [-0.1, -0.05) is 18.2 Å². The van der Waals surface area contributed by atoms with E-state index in [9.17, 15) is 9.59 Å². The van der Waals surface area contributed by atoms with E-state index in [4.69, 9.17) is 9.47 Å². The van der Waals surface area contributed by atoms with Gasteiger partial charge in [0.1, 0.15) is 5.75 Å². The van der Waals surface area contributed by atoms with Gasteiger partial charge in [-0.25, -0.2) is 0 Å².